The van der Waals surface area contributed by atoms with Crippen LogP contribution in [-0.2, 0) is 9.53 Å². The van der Waals surface area contributed by atoms with Crippen molar-refractivity contribution in [2.45, 2.75) is 6.36 Å². The van der Waals surface area contributed by atoms with Crippen molar-refractivity contribution in [3.8, 4) is 0 Å². The van der Waals surface area contributed by atoms with Gasteiger partial charge < -0.3 is 4.90 Å². The average molecular weight is 295 g/mol. The summed E-state index contributed by atoms with van der Waals surface area (Å²) in [6, 6.07) is 1.12. The summed E-state index contributed by atoms with van der Waals surface area (Å²) in [6.07, 6.45) is -4.89. The van der Waals surface area contributed by atoms with Crippen molar-refractivity contribution in [1.82, 2.24) is 0 Å². The van der Waals surface area contributed by atoms with Crippen LogP contribution in [0, 0.1) is 11.6 Å². The molecule has 1 heterocycles. The Kier molecular flexibility index (Phi) is 3.46. The quantitative estimate of drug-likeness (QED) is 0.633. The van der Waals surface area contributed by atoms with Crippen LogP contribution in [0.25, 0.3) is 0 Å². The van der Waals surface area contributed by atoms with Crippen LogP contribution in [0.15, 0.2) is 12.1 Å². The predicted molar refractivity (Wildman–Crippen MR) is 55.0 cm³/mol. The lowest BCUT2D eigenvalue weighted by Crippen LogP contribution is -2.34. The van der Waals surface area contributed by atoms with E-state index in [1.807, 2.05) is 0 Å². The molecule has 0 fully saturated rings. The Morgan fingerprint density at radius 3 is 2.30 bits per heavy atom. The van der Waals surface area contributed by atoms with Crippen LogP contribution in [-0.4, -0.2) is 31.2 Å². The molecule has 0 saturated carbocycles. The first kappa shape index (κ1) is 14.4. The maximum atomic E-state index is 13.1. The number of rotatable bonds is 3. The van der Waals surface area contributed by atoms with E-state index in [0.29, 0.717) is 17.0 Å². The molecule has 1 amide bonds. The van der Waals surface area contributed by atoms with E-state index in [9.17, 15) is 31.5 Å². The predicted octanol–water partition coefficient (Wildman–Crippen LogP) is 2.03. The Balaban J connectivity index is 2.22. The average Bonchev–Trinajstić information content (AvgIpc) is 2.54. The number of alkyl halides is 3. The van der Waals surface area contributed by atoms with Crippen molar-refractivity contribution in [2.24, 2.45) is 0 Å². The maximum Gasteiger partial charge on any atom is 0.522 e. The number of carbonyl (C=O) groups excluding carboxylic acids is 2. The first-order valence-corrected chi connectivity index (χ1v) is 5.26. The van der Waals surface area contributed by atoms with Gasteiger partial charge in [0.15, 0.2) is 11.6 Å². The van der Waals surface area contributed by atoms with Gasteiger partial charge in [-0.1, -0.05) is 0 Å². The Labute approximate surface area is 108 Å². The Bertz CT molecular complexity index is 584. The molecule has 0 bridgehead atoms. The summed E-state index contributed by atoms with van der Waals surface area (Å²) in [5.74, 6) is -4.90. The lowest BCUT2D eigenvalue weighted by molar-refractivity contribution is -0.323. The molecule has 4 nitrogen and oxygen atoms in total. The minimum Gasteiger partial charge on any atom is -0.302 e. The van der Waals surface area contributed by atoms with Crippen molar-refractivity contribution < 1.29 is 36.3 Å². The molecule has 0 spiro atoms. The number of amides is 1. The standard InChI is InChI=1S/C11H6F5NO3/c12-6-3-5-8(4-7(6)13)17(10(19)9(5)18)1-2-20-11(14,15)16/h3-4H,1-2H2. The van der Waals surface area contributed by atoms with Gasteiger partial charge in [-0.2, -0.15) is 0 Å². The number of hydrogen-bond donors (Lipinski definition) is 0. The highest BCUT2D eigenvalue weighted by atomic mass is 19.4. The highest BCUT2D eigenvalue weighted by Gasteiger charge is 2.38. The maximum absolute atomic E-state index is 13.1. The highest BCUT2D eigenvalue weighted by molar-refractivity contribution is 6.52. The number of anilines is 1. The SMILES string of the molecule is O=C1C(=O)N(CCOC(F)(F)F)c2cc(F)c(F)cc21. The van der Waals surface area contributed by atoms with E-state index in [4.69, 9.17) is 0 Å². The summed E-state index contributed by atoms with van der Waals surface area (Å²) in [5.41, 5.74) is -0.661. The van der Waals surface area contributed by atoms with Crippen molar-refractivity contribution in [1.29, 1.82) is 0 Å². The van der Waals surface area contributed by atoms with Crippen LogP contribution in [0.4, 0.5) is 27.6 Å². The van der Waals surface area contributed by atoms with Crippen molar-refractivity contribution in [2.75, 3.05) is 18.1 Å². The Hall–Kier alpha value is -2.03. The first-order chi connectivity index (χ1) is 9.20. The molecule has 0 N–H and O–H groups in total. The monoisotopic (exact) mass is 295 g/mol. The third-order valence-electron chi connectivity index (χ3n) is 2.59. The molecule has 1 aliphatic rings. The zero-order valence-electron chi connectivity index (χ0n) is 9.63. The normalized spacial score (nSPS) is 14.9. The molecule has 1 aliphatic heterocycles. The first-order valence-electron chi connectivity index (χ1n) is 5.26. The molecule has 108 valence electrons. The smallest absolute Gasteiger partial charge is 0.302 e. The van der Waals surface area contributed by atoms with Crippen LogP contribution in [0.5, 0.6) is 0 Å². The molecule has 1 aromatic rings. The summed E-state index contributed by atoms with van der Waals surface area (Å²) in [6.45, 7) is -1.54. The van der Waals surface area contributed by atoms with E-state index in [-0.39, 0.29) is 11.3 Å². The number of Topliss-reactive ketones (excluding diaryl/α,β-unsaturated/α-hetero) is 1. The van der Waals surface area contributed by atoms with Crippen LogP contribution < -0.4 is 4.90 Å². The van der Waals surface area contributed by atoms with E-state index in [0.717, 1.165) is 0 Å². The van der Waals surface area contributed by atoms with E-state index in [1.54, 1.807) is 0 Å². The zero-order chi connectivity index (χ0) is 15.1. The largest absolute Gasteiger partial charge is 0.522 e. The topological polar surface area (TPSA) is 46.6 Å². The number of ether oxygens (including phenoxy) is 1. The molecule has 0 unspecified atom stereocenters. The molecule has 0 radical (unpaired) electrons. The number of ketones is 1. The molecule has 9 heteroatoms. The molecule has 1 aromatic carbocycles. The van der Waals surface area contributed by atoms with E-state index >= 15 is 0 Å². The van der Waals surface area contributed by atoms with Gasteiger partial charge in [0.25, 0.3) is 11.7 Å². The number of halogens is 5. The number of hydrogen-bond acceptors (Lipinski definition) is 3. The van der Waals surface area contributed by atoms with Crippen LogP contribution in [0.1, 0.15) is 10.4 Å². The van der Waals surface area contributed by atoms with Crippen LogP contribution >= 0.6 is 0 Å². The third kappa shape index (κ3) is 2.62. The third-order valence-corrected chi connectivity index (χ3v) is 2.59. The molecular weight excluding hydrogens is 289 g/mol. The van der Waals surface area contributed by atoms with Gasteiger partial charge in [0.2, 0.25) is 0 Å². The number of nitrogens with zero attached hydrogens (tertiary/aromatic N) is 1. The van der Waals surface area contributed by atoms with Gasteiger partial charge in [0.05, 0.1) is 24.4 Å². The second kappa shape index (κ2) is 4.82. The fourth-order valence-corrected chi connectivity index (χ4v) is 1.76. The Morgan fingerprint density at radius 2 is 1.70 bits per heavy atom. The minimum atomic E-state index is -4.89. The Morgan fingerprint density at radius 1 is 1.10 bits per heavy atom. The van der Waals surface area contributed by atoms with E-state index in [1.165, 1.54) is 0 Å². The number of fused-ring (bicyclic) bond motifs is 1. The molecule has 2 rings (SSSR count). The van der Waals surface area contributed by atoms with Crippen molar-refractivity contribution in [3.05, 3.63) is 29.3 Å². The van der Waals surface area contributed by atoms with Crippen LogP contribution in [0.3, 0.4) is 0 Å². The molecule has 0 aromatic heterocycles. The lowest BCUT2D eigenvalue weighted by Gasteiger charge is -2.17. The summed E-state index contributed by atoms with van der Waals surface area (Å²) >= 11 is 0. The fraction of sp³-hybridized carbons (Fsp3) is 0.273. The highest BCUT2D eigenvalue weighted by Crippen LogP contribution is 2.31. The molecule has 20 heavy (non-hydrogen) atoms. The number of carbonyl (C=O) groups is 2. The van der Waals surface area contributed by atoms with Gasteiger partial charge >= 0.3 is 6.36 Å². The van der Waals surface area contributed by atoms with Gasteiger partial charge in [0, 0.05) is 6.07 Å². The van der Waals surface area contributed by atoms with Gasteiger partial charge in [0.1, 0.15) is 0 Å². The van der Waals surface area contributed by atoms with Gasteiger partial charge in [-0.05, 0) is 6.07 Å². The summed E-state index contributed by atoms with van der Waals surface area (Å²) in [5, 5.41) is 0. The molecule has 0 saturated heterocycles. The van der Waals surface area contributed by atoms with Crippen molar-refractivity contribution >= 4 is 17.4 Å². The van der Waals surface area contributed by atoms with E-state index < -0.39 is 42.8 Å². The summed E-state index contributed by atoms with van der Waals surface area (Å²) in [4.78, 5) is 23.6. The second-order valence-electron chi connectivity index (χ2n) is 3.86. The zero-order valence-corrected chi connectivity index (χ0v) is 9.63. The summed E-state index contributed by atoms with van der Waals surface area (Å²) in [7, 11) is 0. The summed E-state index contributed by atoms with van der Waals surface area (Å²) < 4.78 is 65.0. The minimum absolute atomic E-state index is 0.273. The van der Waals surface area contributed by atoms with Gasteiger partial charge in [-0.25, -0.2) is 8.78 Å². The second-order valence-corrected chi connectivity index (χ2v) is 3.86. The van der Waals surface area contributed by atoms with Crippen LogP contribution in [0.2, 0.25) is 0 Å². The van der Waals surface area contributed by atoms with Crippen molar-refractivity contribution in [3.63, 3.8) is 0 Å². The molecule has 0 aliphatic carbocycles. The van der Waals surface area contributed by atoms with Gasteiger partial charge in [-0.15, -0.1) is 13.2 Å². The molecule has 0 atom stereocenters. The number of benzene rings is 1. The fourth-order valence-electron chi connectivity index (χ4n) is 1.76. The lowest BCUT2D eigenvalue weighted by atomic mass is 10.1. The van der Waals surface area contributed by atoms with Gasteiger partial charge in [-0.3, -0.25) is 14.3 Å². The van der Waals surface area contributed by atoms with E-state index in [2.05, 4.69) is 4.74 Å². The molecular formula is C11H6F5NO3.